The molecule has 18 heavy (non-hydrogen) atoms. The second kappa shape index (κ2) is 5.48. The summed E-state index contributed by atoms with van der Waals surface area (Å²) in [7, 11) is 1.69. The second-order valence-corrected chi connectivity index (χ2v) is 5.74. The van der Waals surface area contributed by atoms with Crippen molar-refractivity contribution in [2.45, 2.75) is 32.6 Å². The van der Waals surface area contributed by atoms with Gasteiger partial charge in [0, 0.05) is 18.1 Å². The van der Waals surface area contributed by atoms with Crippen molar-refractivity contribution < 1.29 is 4.79 Å². The highest BCUT2D eigenvalue weighted by Crippen LogP contribution is 2.44. The minimum Gasteiger partial charge on any atom is -0.320 e. The molecule has 0 bridgehead atoms. The fraction of sp³-hybridized carbons (Fsp3) is 0.429. The molecule has 1 fully saturated rings. The van der Waals surface area contributed by atoms with E-state index in [2.05, 4.69) is 17.2 Å². The number of aryl methyl sites for hydroxylation is 1. The quantitative estimate of drug-likeness (QED) is 0.831. The minimum absolute atomic E-state index is 0.0389. The van der Waals surface area contributed by atoms with Crippen molar-refractivity contribution in [3.05, 3.63) is 33.2 Å². The highest BCUT2D eigenvalue weighted by Gasteiger charge is 2.27. The summed E-state index contributed by atoms with van der Waals surface area (Å²) in [6.07, 6.45) is 6.02. The molecule has 0 saturated heterocycles. The van der Waals surface area contributed by atoms with Gasteiger partial charge in [-0.05, 0) is 44.2 Å². The van der Waals surface area contributed by atoms with Gasteiger partial charge >= 0.3 is 0 Å². The Labute approximate surface area is 112 Å². The first-order valence-corrected chi connectivity index (χ1v) is 6.97. The van der Waals surface area contributed by atoms with E-state index in [0.717, 1.165) is 10.6 Å². The van der Waals surface area contributed by atoms with Crippen LogP contribution in [0.25, 0.3) is 0 Å². The number of carbonyl (C=O) groups excluding carboxylic acids is 1. The Morgan fingerprint density at radius 3 is 2.83 bits per heavy atom. The van der Waals surface area contributed by atoms with Crippen LogP contribution in [0.4, 0.5) is 0 Å². The first kappa shape index (κ1) is 13.0. The third-order valence-corrected chi connectivity index (χ3v) is 4.10. The molecule has 1 aliphatic carbocycles. The van der Waals surface area contributed by atoms with Crippen molar-refractivity contribution in [2.24, 2.45) is 4.99 Å². The van der Waals surface area contributed by atoms with E-state index >= 15 is 0 Å². The van der Waals surface area contributed by atoms with Crippen LogP contribution in [-0.2, 0) is 0 Å². The molecule has 0 spiro atoms. The molecule has 3 nitrogen and oxygen atoms in total. The summed E-state index contributed by atoms with van der Waals surface area (Å²) in [4.78, 5) is 18.1. The van der Waals surface area contributed by atoms with Gasteiger partial charge in [0.25, 0.3) is 5.91 Å². The van der Waals surface area contributed by atoms with Crippen molar-refractivity contribution in [2.75, 3.05) is 7.05 Å². The summed E-state index contributed by atoms with van der Waals surface area (Å²) in [5.74, 6) is 0.657. The SMILES string of the molecule is C/C=C(\C=NC)NC(=O)c1cc(C2CC2)c(C)s1. The highest BCUT2D eigenvalue weighted by molar-refractivity contribution is 7.14. The van der Waals surface area contributed by atoms with Crippen molar-refractivity contribution >= 4 is 23.5 Å². The van der Waals surface area contributed by atoms with E-state index in [0.29, 0.717) is 5.92 Å². The van der Waals surface area contributed by atoms with Gasteiger partial charge in [-0.2, -0.15) is 0 Å². The lowest BCUT2D eigenvalue weighted by molar-refractivity contribution is 0.0972. The zero-order valence-corrected chi connectivity index (χ0v) is 11.8. The Bertz CT molecular complexity index is 510. The van der Waals surface area contributed by atoms with Gasteiger partial charge in [0.2, 0.25) is 0 Å². The van der Waals surface area contributed by atoms with Gasteiger partial charge in [-0.1, -0.05) is 6.08 Å². The van der Waals surface area contributed by atoms with Crippen molar-refractivity contribution in [3.8, 4) is 0 Å². The molecule has 1 aromatic heterocycles. The maximum Gasteiger partial charge on any atom is 0.265 e. The molecular formula is C14H18N2OS. The Kier molecular flexibility index (Phi) is 3.97. The standard InChI is InChI=1S/C14H18N2OS/c1-4-11(8-15-3)16-14(17)13-7-12(9(2)18-13)10-5-6-10/h4,7-8,10H,5-6H2,1-3H3,(H,16,17)/b11-4+,15-8?. The molecule has 1 saturated carbocycles. The van der Waals surface area contributed by atoms with Gasteiger partial charge in [0.05, 0.1) is 10.6 Å². The maximum atomic E-state index is 12.1. The highest BCUT2D eigenvalue weighted by atomic mass is 32.1. The largest absolute Gasteiger partial charge is 0.320 e. The molecule has 1 N–H and O–H groups in total. The van der Waals surface area contributed by atoms with Crippen LogP contribution in [0.5, 0.6) is 0 Å². The Balaban J connectivity index is 2.11. The van der Waals surface area contributed by atoms with E-state index in [9.17, 15) is 4.79 Å². The lowest BCUT2D eigenvalue weighted by atomic mass is 10.1. The molecule has 2 rings (SSSR count). The first-order chi connectivity index (χ1) is 8.65. The van der Waals surface area contributed by atoms with Crippen molar-refractivity contribution in [3.63, 3.8) is 0 Å². The predicted molar refractivity (Wildman–Crippen MR) is 76.7 cm³/mol. The predicted octanol–water partition coefficient (Wildman–Crippen LogP) is 3.27. The molecule has 0 atom stereocenters. The zero-order valence-electron chi connectivity index (χ0n) is 11.0. The van der Waals surface area contributed by atoms with E-state index in [1.165, 1.54) is 23.3 Å². The Hall–Kier alpha value is -1.42. The van der Waals surface area contributed by atoms with Gasteiger partial charge < -0.3 is 5.32 Å². The molecule has 0 aliphatic heterocycles. The summed E-state index contributed by atoms with van der Waals surface area (Å²) < 4.78 is 0. The van der Waals surface area contributed by atoms with E-state index in [1.807, 2.05) is 19.1 Å². The third-order valence-electron chi connectivity index (χ3n) is 3.03. The lowest BCUT2D eigenvalue weighted by Gasteiger charge is -2.02. The lowest BCUT2D eigenvalue weighted by Crippen LogP contribution is -2.22. The molecular weight excluding hydrogens is 244 g/mol. The van der Waals surface area contributed by atoms with Crippen molar-refractivity contribution in [1.29, 1.82) is 0 Å². The van der Waals surface area contributed by atoms with E-state index in [-0.39, 0.29) is 5.91 Å². The summed E-state index contributed by atoms with van der Waals surface area (Å²) >= 11 is 1.58. The zero-order chi connectivity index (χ0) is 13.1. The smallest absolute Gasteiger partial charge is 0.265 e. The van der Waals surface area contributed by atoms with E-state index in [4.69, 9.17) is 0 Å². The second-order valence-electron chi connectivity index (χ2n) is 4.48. The summed E-state index contributed by atoms with van der Waals surface area (Å²) in [5, 5.41) is 2.87. The fourth-order valence-corrected chi connectivity index (χ4v) is 2.92. The molecule has 0 aromatic carbocycles. The number of hydrogen-bond acceptors (Lipinski definition) is 3. The van der Waals surface area contributed by atoms with Crippen LogP contribution in [0, 0.1) is 6.92 Å². The van der Waals surface area contributed by atoms with E-state index in [1.54, 1.807) is 24.6 Å². The van der Waals surface area contributed by atoms with Crippen LogP contribution >= 0.6 is 11.3 Å². The molecule has 1 aromatic rings. The van der Waals surface area contributed by atoms with Crippen LogP contribution in [-0.4, -0.2) is 19.2 Å². The van der Waals surface area contributed by atoms with Crippen LogP contribution in [0.1, 0.15) is 45.8 Å². The monoisotopic (exact) mass is 262 g/mol. The molecule has 96 valence electrons. The summed E-state index contributed by atoms with van der Waals surface area (Å²) in [5.41, 5.74) is 2.10. The molecule has 0 radical (unpaired) electrons. The van der Waals surface area contributed by atoms with Crippen LogP contribution in [0.15, 0.2) is 22.8 Å². The van der Waals surface area contributed by atoms with Crippen LogP contribution in [0.2, 0.25) is 0 Å². The first-order valence-electron chi connectivity index (χ1n) is 6.16. The van der Waals surface area contributed by atoms with Crippen LogP contribution < -0.4 is 5.32 Å². The number of hydrogen-bond donors (Lipinski definition) is 1. The van der Waals surface area contributed by atoms with Crippen LogP contribution in [0.3, 0.4) is 0 Å². The molecule has 1 heterocycles. The average molecular weight is 262 g/mol. The van der Waals surface area contributed by atoms with Crippen molar-refractivity contribution in [1.82, 2.24) is 5.32 Å². The average Bonchev–Trinajstić information content (AvgIpc) is 3.12. The number of thiophene rings is 1. The summed E-state index contributed by atoms with van der Waals surface area (Å²) in [6.45, 7) is 3.98. The van der Waals surface area contributed by atoms with Gasteiger partial charge in [-0.3, -0.25) is 9.79 Å². The Morgan fingerprint density at radius 2 is 2.28 bits per heavy atom. The molecule has 0 unspecified atom stereocenters. The Morgan fingerprint density at radius 1 is 1.56 bits per heavy atom. The van der Waals surface area contributed by atoms with Gasteiger partial charge in [0.15, 0.2) is 0 Å². The number of allylic oxidation sites excluding steroid dienone is 2. The number of nitrogens with one attached hydrogen (secondary N) is 1. The number of carbonyl (C=O) groups is 1. The minimum atomic E-state index is -0.0389. The number of amides is 1. The molecule has 1 amide bonds. The van der Waals surface area contributed by atoms with Gasteiger partial charge in [-0.15, -0.1) is 11.3 Å². The number of nitrogens with zero attached hydrogens (tertiary/aromatic N) is 1. The maximum absolute atomic E-state index is 12.1. The third kappa shape index (κ3) is 2.88. The summed E-state index contributed by atoms with van der Waals surface area (Å²) in [6, 6.07) is 2.05. The number of rotatable bonds is 4. The van der Waals surface area contributed by atoms with E-state index < -0.39 is 0 Å². The normalized spacial score (nSPS) is 16.3. The molecule has 4 heteroatoms. The number of aliphatic imine (C=N–C) groups is 1. The van der Waals surface area contributed by atoms with Gasteiger partial charge in [-0.25, -0.2) is 0 Å². The topological polar surface area (TPSA) is 41.5 Å². The molecule has 1 aliphatic rings. The fourth-order valence-electron chi connectivity index (χ4n) is 1.92. The van der Waals surface area contributed by atoms with Gasteiger partial charge in [0.1, 0.15) is 0 Å².